The lowest BCUT2D eigenvalue weighted by Crippen LogP contribution is -2.41. The number of para-hydroxylation sites is 1. The Morgan fingerprint density at radius 3 is 2.50 bits per heavy atom. The molecule has 4 rings (SSSR count). The number of benzene rings is 2. The molecule has 1 aromatic heterocycles. The van der Waals surface area contributed by atoms with Gasteiger partial charge in [0.1, 0.15) is 11.6 Å². The number of rotatable bonds is 6. The molecule has 0 unspecified atom stereocenters. The predicted octanol–water partition coefficient (Wildman–Crippen LogP) is 5.34. The Kier molecular flexibility index (Phi) is 10.2. The number of aromatic nitrogens is 1. The smallest absolute Gasteiger partial charge is 0.260 e. The third kappa shape index (κ3) is 7.88. The van der Waals surface area contributed by atoms with Gasteiger partial charge in [0, 0.05) is 44.3 Å². The van der Waals surface area contributed by atoms with Crippen LogP contribution in [-0.4, -0.2) is 65.9 Å². The molecule has 0 radical (unpaired) electrons. The van der Waals surface area contributed by atoms with E-state index >= 15 is 0 Å². The maximum absolute atomic E-state index is 14.6. The molecule has 212 valence electrons. The predicted molar refractivity (Wildman–Crippen MR) is 155 cm³/mol. The highest BCUT2D eigenvalue weighted by atomic mass is 19.1. The van der Waals surface area contributed by atoms with E-state index in [4.69, 9.17) is 4.74 Å². The van der Waals surface area contributed by atoms with Crippen LogP contribution >= 0.6 is 0 Å². The van der Waals surface area contributed by atoms with Gasteiger partial charge in [-0.15, -0.1) is 0 Å². The lowest BCUT2D eigenvalue weighted by Gasteiger charge is -2.32. The number of carbonyl (C=O) groups excluding carboxylic acids is 2. The Bertz CT molecular complexity index is 1280. The Hall–Kier alpha value is -3.78. The van der Waals surface area contributed by atoms with Gasteiger partial charge in [-0.1, -0.05) is 32.0 Å². The molecule has 0 spiro atoms. The van der Waals surface area contributed by atoms with Crippen molar-refractivity contribution in [1.29, 1.82) is 0 Å². The first-order chi connectivity index (χ1) is 19.3. The Balaban J connectivity index is 1.66. The van der Waals surface area contributed by atoms with Crippen molar-refractivity contribution >= 4 is 17.5 Å². The molecule has 7 nitrogen and oxygen atoms in total. The van der Waals surface area contributed by atoms with Gasteiger partial charge in [-0.3, -0.25) is 14.6 Å². The molecule has 1 aliphatic rings. The molecule has 0 atom stereocenters. The van der Waals surface area contributed by atoms with Gasteiger partial charge < -0.3 is 19.4 Å². The van der Waals surface area contributed by atoms with Crippen LogP contribution in [0.4, 0.5) is 10.1 Å². The van der Waals surface area contributed by atoms with Gasteiger partial charge in [0.05, 0.1) is 5.56 Å². The average Bonchev–Trinajstić information content (AvgIpc) is 2.93. The zero-order valence-electron chi connectivity index (χ0n) is 23.7. The maximum Gasteiger partial charge on any atom is 0.260 e. The van der Waals surface area contributed by atoms with Crippen LogP contribution < -0.4 is 9.64 Å². The first-order valence-electron chi connectivity index (χ1n) is 14.0. The first kappa shape index (κ1) is 29.2. The summed E-state index contributed by atoms with van der Waals surface area (Å²) in [5, 5.41) is 0. The minimum atomic E-state index is -0.411. The number of anilines is 1. The summed E-state index contributed by atoms with van der Waals surface area (Å²) < 4.78 is 20.5. The van der Waals surface area contributed by atoms with Crippen LogP contribution in [0, 0.1) is 18.7 Å². The van der Waals surface area contributed by atoms with Crippen molar-refractivity contribution in [2.75, 3.05) is 44.2 Å². The largest absolute Gasteiger partial charge is 0.484 e. The molecule has 2 aromatic carbocycles. The van der Waals surface area contributed by atoms with Crippen molar-refractivity contribution < 1.29 is 18.7 Å². The van der Waals surface area contributed by atoms with Crippen molar-refractivity contribution in [3.8, 4) is 5.75 Å². The normalized spacial score (nSPS) is 15.2. The zero-order chi connectivity index (χ0) is 28.5. The number of hydrogen-bond acceptors (Lipinski definition) is 5. The second kappa shape index (κ2) is 14.0. The summed E-state index contributed by atoms with van der Waals surface area (Å²) in [6.07, 6.45) is 4.72. The van der Waals surface area contributed by atoms with E-state index < -0.39 is 5.82 Å². The molecule has 8 heteroatoms. The number of hydrogen-bond donors (Lipinski definition) is 0. The van der Waals surface area contributed by atoms with E-state index in [-0.39, 0.29) is 25.0 Å². The highest BCUT2D eigenvalue weighted by Crippen LogP contribution is 2.27. The topological polar surface area (TPSA) is 66.0 Å². The highest BCUT2D eigenvalue weighted by Gasteiger charge is 2.25. The van der Waals surface area contributed by atoms with Crippen molar-refractivity contribution in [1.82, 2.24) is 14.8 Å². The molecular weight excluding hydrogens is 507 g/mol. The fourth-order valence-electron chi connectivity index (χ4n) is 5.12. The van der Waals surface area contributed by atoms with Crippen LogP contribution in [-0.2, 0) is 11.3 Å². The van der Waals surface area contributed by atoms with Crippen LogP contribution in [0.15, 0.2) is 67.0 Å². The summed E-state index contributed by atoms with van der Waals surface area (Å²) in [7, 11) is 0. The number of amides is 2. The lowest BCUT2D eigenvalue weighted by molar-refractivity contribution is -0.134. The molecule has 0 saturated carbocycles. The molecule has 0 fully saturated rings. The number of ether oxygens (including phenoxy) is 1. The number of carbonyl (C=O) groups is 2. The Morgan fingerprint density at radius 1 is 1.00 bits per heavy atom. The van der Waals surface area contributed by atoms with Gasteiger partial charge in [0.25, 0.3) is 11.8 Å². The van der Waals surface area contributed by atoms with Crippen LogP contribution in [0.2, 0.25) is 0 Å². The fraction of sp³-hybridized carbons (Fsp3) is 0.406. The molecule has 40 heavy (non-hydrogen) atoms. The summed E-state index contributed by atoms with van der Waals surface area (Å²) in [4.78, 5) is 37.1. The molecule has 2 heterocycles. The summed E-state index contributed by atoms with van der Waals surface area (Å²) in [6, 6.07) is 15.5. The van der Waals surface area contributed by atoms with Crippen molar-refractivity contribution in [2.24, 2.45) is 5.92 Å². The number of aryl methyl sites for hydroxylation is 1. The van der Waals surface area contributed by atoms with Crippen molar-refractivity contribution in [2.45, 2.75) is 40.2 Å². The third-order valence-corrected chi connectivity index (χ3v) is 7.03. The van der Waals surface area contributed by atoms with Crippen molar-refractivity contribution in [3.63, 3.8) is 0 Å². The van der Waals surface area contributed by atoms with E-state index in [1.165, 1.54) is 12.1 Å². The van der Waals surface area contributed by atoms with Crippen LogP contribution in [0.1, 0.15) is 48.2 Å². The van der Waals surface area contributed by atoms with Gasteiger partial charge in [-0.05, 0) is 86.3 Å². The molecule has 0 aliphatic carbocycles. The standard InChI is InChI=1S/C32H39FN4O3/c1-24(2)21-35-15-7-17-36(31(38)23-40-30-11-5-4-9-25(30)3)22-27-19-28(33)12-13-29(27)37(18-8-16-35)32(39)26-10-6-14-34-20-26/h4-6,9-14,19-20,24H,7-8,15-18,21-23H2,1-3H3. The molecule has 1 aliphatic heterocycles. The minimum Gasteiger partial charge on any atom is -0.484 e. The van der Waals surface area contributed by atoms with E-state index in [0.717, 1.165) is 38.0 Å². The third-order valence-electron chi connectivity index (χ3n) is 7.03. The van der Waals surface area contributed by atoms with Gasteiger partial charge >= 0.3 is 0 Å². The quantitative estimate of drug-likeness (QED) is 0.418. The fourth-order valence-corrected chi connectivity index (χ4v) is 5.12. The zero-order valence-corrected chi connectivity index (χ0v) is 23.7. The molecule has 3 aromatic rings. The second-order valence-electron chi connectivity index (χ2n) is 10.7. The number of halogens is 1. The van der Waals surface area contributed by atoms with E-state index in [0.29, 0.717) is 41.6 Å². The van der Waals surface area contributed by atoms with Gasteiger partial charge in [0.2, 0.25) is 0 Å². The second-order valence-corrected chi connectivity index (χ2v) is 10.7. The first-order valence-corrected chi connectivity index (χ1v) is 14.0. The average molecular weight is 547 g/mol. The summed E-state index contributed by atoms with van der Waals surface area (Å²) in [5.74, 6) is 0.356. The summed E-state index contributed by atoms with van der Waals surface area (Å²) in [6.45, 7) is 9.91. The summed E-state index contributed by atoms with van der Waals surface area (Å²) >= 11 is 0. The van der Waals surface area contributed by atoms with E-state index in [2.05, 4.69) is 23.7 Å². The molecule has 2 amide bonds. The number of nitrogens with zero attached hydrogens (tertiary/aromatic N) is 4. The Morgan fingerprint density at radius 2 is 1.77 bits per heavy atom. The monoisotopic (exact) mass is 546 g/mol. The Labute approximate surface area is 236 Å². The van der Waals surface area contributed by atoms with Crippen LogP contribution in [0.5, 0.6) is 5.75 Å². The SMILES string of the molecule is Cc1ccccc1OCC(=O)N1CCCN(CC(C)C)CCCN(C(=O)c2cccnc2)c2ccc(F)cc2C1. The molecule has 0 bridgehead atoms. The van der Waals surface area contributed by atoms with Gasteiger partial charge in [-0.2, -0.15) is 0 Å². The van der Waals surface area contributed by atoms with Crippen LogP contribution in [0.25, 0.3) is 0 Å². The highest BCUT2D eigenvalue weighted by molar-refractivity contribution is 6.06. The van der Waals surface area contributed by atoms with Gasteiger partial charge in [-0.25, -0.2) is 4.39 Å². The van der Waals surface area contributed by atoms with E-state index in [1.807, 2.05) is 31.2 Å². The summed E-state index contributed by atoms with van der Waals surface area (Å²) in [5.41, 5.74) is 2.60. The van der Waals surface area contributed by atoms with E-state index in [9.17, 15) is 14.0 Å². The van der Waals surface area contributed by atoms with Gasteiger partial charge in [0.15, 0.2) is 6.61 Å². The molecule has 0 saturated heterocycles. The van der Waals surface area contributed by atoms with Crippen molar-refractivity contribution in [3.05, 3.63) is 89.5 Å². The lowest BCUT2D eigenvalue weighted by atomic mass is 10.1. The van der Waals surface area contributed by atoms with Crippen LogP contribution in [0.3, 0.4) is 0 Å². The maximum atomic E-state index is 14.6. The number of fused-ring (bicyclic) bond motifs is 1. The molecule has 0 N–H and O–H groups in total. The molecular formula is C32H39FN4O3. The number of pyridine rings is 1. The van der Waals surface area contributed by atoms with E-state index in [1.54, 1.807) is 40.4 Å². The minimum absolute atomic E-state index is 0.121.